The van der Waals surface area contributed by atoms with Gasteiger partial charge in [0.15, 0.2) is 5.69 Å². The summed E-state index contributed by atoms with van der Waals surface area (Å²) in [4.78, 5) is 28.4. The van der Waals surface area contributed by atoms with Gasteiger partial charge in [-0.15, -0.1) is 5.10 Å². The molecule has 0 radical (unpaired) electrons. The van der Waals surface area contributed by atoms with Crippen LogP contribution >= 0.6 is 11.5 Å². The number of nitrogens with zero attached hydrogens (tertiary/aromatic N) is 3. The summed E-state index contributed by atoms with van der Waals surface area (Å²) in [6.07, 6.45) is 0.708. The van der Waals surface area contributed by atoms with Crippen LogP contribution in [-0.4, -0.2) is 26.9 Å². The number of aromatic nitrogens is 2. The Morgan fingerprint density at radius 3 is 2.48 bits per heavy atom. The number of hydrogen-bond acceptors (Lipinski definition) is 5. The van der Waals surface area contributed by atoms with Gasteiger partial charge >= 0.3 is 0 Å². The molecule has 0 aliphatic carbocycles. The number of amides is 2. The maximum atomic E-state index is 13.6. The number of halogens is 1. The van der Waals surface area contributed by atoms with Gasteiger partial charge in [0.25, 0.3) is 5.91 Å². The minimum absolute atomic E-state index is 0.120. The Balaban J connectivity index is 2.17. The van der Waals surface area contributed by atoms with E-state index in [1.807, 2.05) is 45.9 Å². The molecule has 1 unspecified atom stereocenters. The topological polar surface area (TPSA) is 75.2 Å². The highest BCUT2D eigenvalue weighted by atomic mass is 32.1. The van der Waals surface area contributed by atoms with Crippen LogP contribution in [-0.2, 0) is 4.79 Å². The van der Waals surface area contributed by atoms with Crippen LogP contribution in [0.3, 0.4) is 0 Å². The summed E-state index contributed by atoms with van der Waals surface area (Å²) in [6.45, 7) is 7.74. The molecule has 31 heavy (non-hydrogen) atoms. The average Bonchev–Trinajstić information content (AvgIpc) is 3.27. The number of anilines is 1. The van der Waals surface area contributed by atoms with Crippen molar-refractivity contribution in [2.24, 2.45) is 0 Å². The molecule has 2 amide bonds. The van der Waals surface area contributed by atoms with E-state index in [1.165, 1.54) is 34.5 Å². The molecule has 0 aliphatic rings. The van der Waals surface area contributed by atoms with E-state index in [2.05, 4.69) is 14.9 Å². The molecule has 6 nitrogen and oxygen atoms in total. The van der Waals surface area contributed by atoms with Crippen LogP contribution in [0.25, 0.3) is 0 Å². The molecule has 0 fully saturated rings. The first-order valence-corrected chi connectivity index (χ1v) is 10.8. The van der Waals surface area contributed by atoms with Crippen molar-refractivity contribution in [3.63, 3.8) is 0 Å². The molecule has 0 saturated carbocycles. The van der Waals surface area contributed by atoms with E-state index in [-0.39, 0.29) is 11.6 Å². The van der Waals surface area contributed by atoms with Gasteiger partial charge in [0.1, 0.15) is 11.9 Å². The van der Waals surface area contributed by atoms with Crippen molar-refractivity contribution in [2.75, 3.05) is 4.90 Å². The number of rotatable bonds is 7. The molecule has 2 aromatic carbocycles. The van der Waals surface area contributed by atoms with E-state index in [0.29, 0.717) is 17.7 Å². The molecular formula is C23H25FN4O2S. The second-order valence-corrected chi connectivity index (χ2v) is 8.59. The highest BCUT2D eigenvalue weighted by molar-refractivity contribution is 7.03. The predicted octanol–water partition coefficient (Wildman–Crippen LogP) is 4.68. The zero-order chi connectivity index (χ0) is 22.6. The van der Waals surface area contributed by atoms with Crippen molar-refractivity contribution in [3.05, 3.63) is 76.5 Å². The monoisotopic (exact) mass is 440 g/mol. The Hall–Kier alpha value is -3.13. The van der Waals surface area contributed by atoms with Crippen molar-refractivity contribution in [1.82, 2.24) is 14.9 Å². The second-order valence-electron chi connectivity index (χ2n) is 7.99. The van der Waals surface area contributed by atoms with Crippen LogP contribution in [0, 0.1) is 12.7 Å². The molecule has 0 aliphatic heterocycles. The van der Waals surface area contributed by atoms with Crippen LogP contribution in [0.15, 0.2) is 53.9 Å². The van der Waals surface area contributed by atoms with E-state index in [0.717, 1.165) is 17.1 Å². The third-order valence-electron chi connectivity index (χ3n) is 5.11. The van der Waals surface area contributed by atoms with Crippen LogP contribution in [0.4, 0.5) is 10.1 Å². The standard InChI is InChI=1S/C23H25FN4O2S/c1-5-23(3,4)25-21(29)20(16-8-6-7-15(2)13-16)28(18-11-9-17(24)10-12-18)22(30)19-14-31-27-26-19/h6-14,20H,5H2,1-4H3,(H,25,29). The molecule has 3 aromatic rings. The summed E-state index contributed by atoms with van der Waals surface area (Å²) >= 11 is 1.05. The molecule has 1 heterocycles. The van der Waals surface area contributed by atoms with Crippen molar-refractivity contribution in [3.8, 4) is 0 Å². The maximum Gasteiger partial charge on any atom is 0.280 e. The Morgan fingerprint density at radius 2 is 1.90 bits per heavy atom. The van der Waals surface area contributed by atoms with Crippen molar-refractivity contribution >= 4 is 29.0 Å². The van der Waals surface area contributed by atoms with Gasteiger partial charge in [-0.2, -0.15) is 0 Å². The van der Waals surface area contributed by atoms with E-state index in [9.17, 15) is 14.0 Å². The quantitative estimate of drug-likeness (QED) is 0.579. The van der Waals surface area contributed by atoms with Gasteiger partial charge in [-0.05, 0) is 68.6 Å². The van der Waals surface area contributed by atoms with E-state index in [4.69, 9.17) is 0 Å². The Labute approximate surface area is 185 Å². The van der Waals surface area contributed by atoms with Gasteiger partial charge in [0.05, 0.1) is 0 Å². The van der Waals surface area contributed by atoms with Crippen LogP contribution in [0.1, 0.15) is 54.8 Å². The van der Waals surface area contributed by atoms with Gasteiger partial charge in [-0.25, -0.2) is 4.39 Å². The van der Waals surface area contributed by atoms with Crippen LogP contribution in [0.5, 0.6) is 0 Å². The molecule has 162 valence electrons. The van der Waals surface area contributed by atoms with E-state index in [1.54, 1.807) is 6.07 Å². The van der Waals surface area contributed by atoms with Gasteiger partial charge < -0.3 is 5.32 Å². The summed E-state index contributed by atoms with van der Waals surface area (Å²) in [5.74, 6) is -1.26. The zero-order valence-electron chi connectivity index (χ0n) is 17.9. The second kappa shape index (κ2) is 9.34. The molecule has 0 bridgehead atoms. The van der Waals surface area contributed by atoms with Crippen molar-refractivity contribution in [1.29, 1.82) is 0 Å². The summed E-state index contributed by atoms with van der Waals surface area (Å²) in [5.41, 5.74) is 1.63. The number of hydrogen-bond donors (Lipinski definition) is 1. The fraction of sp³-hybridized carbons (Fsp3) is 0.304. The van der Waals surface area contributed by atoms with Gasteiger partial charge in [-0.3, -0.25) is 14.5 Å². The first kappa shape index (κ1) is 22.6. The maximum absolute atomic E-state index is 13.6. The average molecular weight is 441 g/mol. The van der Waals surface area contributed by atoms with Crippen molar-refractivity contribution < 1.29 is 14.0 Å². The minimum atomic E-state index is -0.981. The highest BCUT2D eigenvalue weighted by Gasteiger charge is 2.36. The summed E-state index contributed by atoms with van der Waals surface area (Å²) in [7, 11) is 0. The largest absolute Gasteiger partial charge is 0.349 e. The number of carbonyl (C=O) groups excluding carboxylic acids is 2. The number of aryl methyl sites for hydroxylation is 1. The van der Waals surface area contributed by atoms with Crippen LogP contribution < -0.4 is 10.2 Å². The number of benzene rings is 2. The summed E-state index contributed by atoms with van der Waals surface area (Å²) < 4.78 is 17.4. The third kappa shape index (κ3) is 5.32. The lowest BCUT2D eigenvalue weighted by Crippen LogP contribution is -2.50. The van der Waals surface area contributed by atoms with E-state index >= 15 is 0 Å². The van der Waals surface area contributed by atoms with Gasteiger partial charge in [-0.1, -0.05) is 41.2 Å². The lowest BCUT2D eigenvalue weighted by atomic mass is 9.97. The summed E-state index contributed by atoms with van der Waals surface area (Å²) in [6, 6.07) is 11.9. The SMILES string of the molecule is CCC(C)(C)NC(=O)C(c1cccc(C)c1)N(C(=O)c1csnn1)c1ccc(F)cc1. The molecule has 1 aromatic heterocycles. The number of carbonyl (C=O) groups is 2. The molecule has 0 saturated heterocycles. The van der Waals surface area contributed by atoms with Crippen molar-refractivity contribution in [2.45, 2.75) is 45.7 Å². The summed E-state index contributed by atoms with van der Waals surface area (Å²) in [5, 5.41) is 8.47. The molecular weight excluding hydrogens is 415 g/mol. The smallest absolute Gasteiger partial charge is 0.280 e. The highest BCUT2D eigenvalue weighted by Crippen LogP contribution is 2.31. The fourth-order valence-corrected chi connectivity index (χ4v) is 3.54. The molecule has 1 N–H and O–H groups in total. The third-order valence-corrected chi connectivity index (χ3v) is 5.62. The van der Waals surface area contributed by atoms with E-state index < -0.39 is 23.3 Å². The Morgan fingerprint density at radius 1 is 1.19 bits per heavy atom. The molecule has 0 spiro atoms. The number of nitrogens with one attached hydrogen (secondary N) is 1. The van der Waals surface area contributed by atoms with Crippen LogP contribution in [0.2, 0.25) is 0 Å². The normalized spacial score (nSPS) is 12.3. The van der Waals surface area contributed by atoms with Gasteiger partial charge in [0.2, 0.25) is 5.91 Å². The fourth-order valence-electron chi connectivity index (χ4n) is 3.11. The first-order valence-electron chi connectivity index (χ1n) is 9.96. The Bertz CT molecular complexity index is 1050. The lowest BCUT2D eigenvalue weighted by molar-refractivity contribution is -0.124. The minimum Gasteiger partial charge on any atom is -0.349 e. The zero-order valence-corrected chi connectivity index (χ0v) is 18.7. The lowest BCUT2D eigenvalue weighted by Gasteiger charge is -2.34. The molecule has 1 atom stereocenters. The predicted molar refractivity (Wildman–Crippen MR) is 120 cm³/mol. The first-order chi connectivity index (χ1) is 14.7. The molecule has 3 rings (SSSR count). The van der Waals surface area contributed by atoms with Gasteiger partial charge in [0, 0.05) is 16.6 Å². The Kier molecular flexibility index (Phi) is 6.80. The molecule has 8 heteroatoms.